The number of rotatable bonds is 4. The summed E-state index contributed by atoms with van der Waals surface area (Å²) >= 11 is 4.94. The van der Waals surface area contributed by atoms with Gasteiger partial charge in [-0.1, -0.05) is 36.8 Å². The molecular weight excluding hydrogens is 306 g/mol. The lowest BCUT2D eigenvalue weighted by molar-refractivity contribution is 0.0790. The Balaban J connectivity index is 2.32. The van der Waals surface area contributed by atoms with Crippen molar-refractivity contribution in [2.75, 3.05) is 0 Å². The summed E-state index contributed by atoms with van der Waals surface area (Å²) in [5, 5.41) is 1.81. The van der Waals surface area contributed by atoms with Crippen molar-refractivity contribution in [2.24, 2.45) is 5.73 Å². The standard InChI is InChI=1S/C14H21N3O2S2/c1-10-6-5-7-11(2)17(10)16-21(18,19)13-9-4-3-8-12(13)14(15)20/h3-4,8-11,16H,5-7H2,1-2H3,(H2,15,20). The molecule has 2 unspecified atom stereocenters. The quantitative estimate of drug-likeness (QED) is 0.825. The molecule has 0 aliphatic carbocycles. The molecule has 1 heterocycles. The van der Waals surface area contributed by atoms with Gasteiger partial charge in [-0.05, 0) is 32.8 Å². The number of hydrogen-bond acceptors (Lipinski definition) is 4. The van der Waals surface area contributed by atoms with Gasteiger partial charge in [0.05, 0.1) is 4.90 Å². The highest BCUT2D eigenvalue weighted by Gasteiger charge is 2.30. The first-order valence-electron chi connectivity index (χ1n) is 7.02. The average Bonchev–Trinajstić information content (AvgIpc) is 2.43. The zero-order valence-corrected chi connectivity index (χ0v) is 13.9. The second kappa shape index (κ2) is 6.39. The molecule has 0 aromatic heterocycles. The molecule has 1 aromatic carbocycles. The fraction of sp³-hybridized carbons (Fsp3) is 0.500. The molecule has 116 valence electrons. The van der Waals surface area contributed by atoms with Gasteiger partial charge in [0.1, 0.15) is 4.99 Å². The Kier molecular flexibility index (Phi) is 4.98. The molecule has 1 aliphatic heterocycles. The molecule has 0 amide bonds. The topological polar surface area (TPSA) is 75.4 Å². The van der Waals surface area contributed by atoms with Crippen molar-refractivity contribution < 1.29 is 8.42 Å². The Bertz CT molecular complexity index is 621. The molecule has 1 aliphatic rings. The number of thiocarbonyl (C=S) groups is 1. The van der Waals surface area contributed by atoms with Crippen molar-refractivity contribution >= 4 is 27.2 Å². The van der Waals surface area contributed by atoms with Gasteiger partial charge in [-0.3, -0.25) is 0 Å². The van der Waals surface area contributed by atoms with Crippen LogP contribution in [0.4, 0.5) is 0 Å². The lowest BCUT2D eigenvalue weighted by Gasteiger charge is -2.38. The monoisotopic (exact) mass is 327 g/mol. The Hall–Kier alpha value is -1.02. The van der Waals surface area contributed by atoms with Crippen LogP contribution in [-0.4, -0.2) is 30.5 Å². The van der Waals surface area contributed by atoms with E-state index in [1.165, 1.54) is 6.07 Å². The van der Waals surface area contributed by atoms with Gasteiger partial charge in [0.2, 0.25) is 0 Å². The van der Waals surface area contributed by atoms with Crippen LogP contribution in [0.2, 0.25) is 0 Å². The van der Waals surface area contributed by atoms with E-state index < -0.39 is 10.0 Å². The van der Waals surface area contributed by atoms with E-state index in [0.29, 0.717) is 5.56 Å². The SMILES string of the molecule is CC1CCCC(C)N1NS(=O)(=O)c1ccccc1C(N)=S. The highest BCUT2D eigenvalue weighted by Crippen LogP contribution is 2.23. The molecule has 3 N–H and O–H groups in total. The van der Waals surface area contributed by atoms with Crippen molar-refractivity contribution in [2.45, 2.75) is 50.1 Å². The van der Waals surface area contributed by atoms with Crippen LogP contribution in [0.15, 0.2) is 29.2 Å². The maximum absolute atomic E-state index is 12.6. The number of sulfonamides is 1. The maximum Gasteiger partial charge on any atom is 0.254 e. The number of hydrazine groups is 1. The Morgan fingerprint density at radius 1 is 1.29 bits per heavy atom. The molecule has 21 heavy (non-hydrogen) atoms. The third-order valence-corrected chi connectivity index (χ3v) is 5.47. The number of nitrogens with two attached hydrogens (primary N) is 1. The van der Waals surface area contributed by atoms with E-state index in [0.717, 1.165) is 19.3 Å². The summed E-state index contributed by atoms with van der Waals surface area (Å²) in [7, 11) is -3.69. The zero-order chi connectivity index (χ0) is 15.6. The molecule has 7 heteroatoms. The summed E-state index contributed by atoms with van der Waals surface area (Å²) in [5.41, 5.74) is 6.00. The van der Waals surface area contributed by atoms with Crippen LogP contribution in [0.25, 0.3) is 0 Å². The number of nitrogens with zero attached hydrogens (tertiary/aromatic N) is 1. The molecule has 0 bridgehead atoms. The molecule has 0 spiro atoms. The van der Waals surface area contributed by atoms with Crippen LogP contribution in [-0.2, 0) is 10.0 Å². The normalized spacial score (nSPS) is 23.9. The molecule has 0 saturated carbocycles. The summed E-state index contributed by atoms with van der Waals surface area (Å²) in [4.78, 5) is 2.90. The number of hydrogen-bond donors (Lipinski definition) is 2. The van der Waals surface area contributed by atoms with Gasteiger partial charge in [0.15, 0.2) is 0 Å². The van der Waals surface area contributed by atoms with E-state index in [4.69, 9.17) is 18.0 Å². The van der Waals surface area contributed by atoms with Crippen molar-refractivity contribution in [1.82, 2.24) is 9.84 Å². The van der Waals surface area contributed by atoms with E-state index in [-0.39, 0.29) is 22.0 Å². The maximum atomic E-state index is 12.6. The first-order valence-corrected chi connectivity index (χ1v) is 8.91. The summed E-state index contributed by atoms with van der Waals surface area (Å²) in [6.07, 6.45) is 3.07. The van der Waals surface area contributed by atoms with Crippen molar-refractivity contribution in [1.29, 1.82) is 0 Å². The lowest BCUT2D eigenvalue weighted by atomic mass is 10.0. The minimum absolute atomic E-state index is 0.0794. The Labute approximate surface area is 131 Å². The predicted octanol–water partition coefficient (Wildman–Crippen LogP) is 1.78. The molecule has 1 aromatic rings. The smallest absolute Gasteiger partial charge is 0.254 e. The van der Waals surface area contributed by atoms with Crippen LogP contribution < -0.4 is 10.6 Å². The summed E-state index contributed by atoms with van der Waals surface area (Å²) in [5.74, 6) is 0. The second-order valence-electron chi connectivity index (χ2n) is 5.49. The van der Waals surface area contributed by atoms with Gasteiger partial charge in [0, 0.05) is 17.6 Å². The average molecular weight is 327 g/mol. The third kappa shape index (κ3) is 3.60. The first kappa shape index (κ1) is 16.4. The Morgan fingerprint density at radius 2 is 1.86 bits per heavy atom. The van der Waals surface area contributed by atoms with Gasteiger partial charge in [-0.25, -0.2) is 13.4 Å². The number of benzene rings is 1. The summed E-state index contributed by atoms with van der Waals surface area (Å²) < 4.78 is 25.3. The number of piperidine rings is 1. The molecule has 0 radical (unpaired) electrons. The van der Waals surface area contributed by atoms with Gasteiger partial charge < -0.3 is 5.73 Å². The zero-order valence-electron chi connectivity index (χ0n) is 12.2. The highest BCUT2D eigenvalue weighted by molar-refractivity contribution is 7.89. The molecule has 1 fully saturated rings. The Morgan fingerprint density at radius 3 is 2.43 bits per heavy atom. The highest BCUT2D eigenvalue weighted by atomic mass is 32.2. The van der Waals surface area contributed by atoms with Gasteiger partial charge in [0.25, 0.3) is 10.0 Å². The predicted molar refractivity (Wildman–Crippen MR) is 87.3 cm³/mol. The van der Waals surface area contributed by atoms with Crippen LogP contribution in [0.1, 0.15) is 38.7 Å². The van der Waals surface area contributed by atoms with Crippen LogP contribution in [0.3, 0.4) is 0 Å². The van der Waals surface area contributed by atoms with Crippen LogP contribution in [0, 0.1) is 0 Å². The van der Waals surface area contributed by atoms with Crippen molar-refractivity contribution in [3.05, 3.63) is 29.8 Å². The number of nitrogens with one attached hydrogen (secondary N) is 1. The lowest BCUT2D eigenvalue weighted by Crippen LogP contribution is -2.54. The van der Waals surface area contributed by atoms with Crippen molar-refractivity contribution in [3.8, 4) is 0 Å². The minimum Gasteiger partial charge on any atom is -0.389 e. The van der Waals surface area contributed by atoms with E-state index in [1.54, 1.807) is 18.2 Å². The van der Waals surface area contributed by atoms with Gasteiger partial charge >= 0.3 is 0 Å². The van der Waals surface area contributed by atoms with Crippen LogP contribution in [0.5, 0.6) is 0 Å². The molecule has 2 atom stereocenters. The fourth-order valence-electron chi connectivity index (χ4n) is 2.69. The van der Waals surface area contributed by atoms with Crippen LogP contribution >= 0.6 is 12.2 Å². The molecular formula is C14H21N3O2S2. The first-order chi connectivity index (χ1) is 9.83. The van der Waals surface area contributed by atoms with E-state index in [1.807, 2.05) is 18.9 Å². The van der Waals surface area contributed by atoms with Gasteiger partial charge in [-0.2, -0.15) is 0 Å². The van der Waals surface area contributed by atoms with Crippen molar-refractivity contribution in [3.63, 3.8) is 0 Å². The fourth-order valence-corrected chi connectivity index (χ4v) is 4.40. The van der Waals surface area contributed by atoms with E-state index in [9.17, 15) is 8.42 Å². The van der Waals surface area contributed by atoms with E-state index in [2.05, 4.69) is 4.83 Å². The second-order valence-corrected chi connectivity index (χ2v) is 7.56. The molecule has 1 saturated heterocycles. The van der Waals surface area contributed by atoms with Gasteiger partial charge in [-0.15, -0.1) is 4.83 Å². The molecule has 5 nitrogen and oxygen atoms in total. The summed E-state index contributed by atoms with van der Waals surface area (Å²) in [6.45, 7) is 4.05. The largest absolute Gasteiger partial charge is 0.389 e. The third-order valence-electron chi connectivity index (χ3n) is 3.86. The van der Waals surface area contributed by atoms with E-state index >= 15 is 0 Å². The summed E-state index contributed by atoms with van der Waals surface area (Å²) in [6, 6.07) is 6.87. The molecule has 2 rings (SSSR count). The minimum atomic E-state index is -3.69.